The Morgan fingerprint density at radius 2 is 1.60 bits per heavy atom. The summed E-state index contributed by atoms with van der Waals surface area (Å²) >= 11 is 12.4. The van der Waals surface area contributed by atoms with Gasteiger partial charge in [0.15, 0.2) is 0 Å². The van der Waals surface area contributed by atoms with Gasteiger partial charge < -0.3 is 15.0 Å². The van der Waals surface area contributed by atoms with E-state index in [2.05, 4.69) is 5.32 Å². The largest absolute Gasteiger partial charge is 0.497 e. The Balaban J connectivity index is 2.06. The first kappa shape index (κ1) is 33.2. The molecular weight excluding hydrogens is 597 g/mol. The van der Waals surface area contributed by atoms with Crippen LogP contribution in [0.3, 0.4) is 0 Å². The molecule has 3 aromatic rings. The van der Waals surface area contributed by atoms with Gasteiger partial charge in [-0.25, -0.2) is 8.42 Å². The number of carbonyl (C=O) groups is 2. The molecule has 0 aliphatic carbocycles. The average Bonchev–Trinajstić information content (AvgIpc) is 2.96. The minimum absolute atomic E-state index is 0.00962. The lowest BCUT2D eigenvalue weighted by molar-refractivity contribution is -0.140. The smallest absolute Gasteiger partial charge is 0.264 e. The van der Waals surface area contributed by atoms with E-state index in [4.69, 9.17) is 27.9 Å². The van der Waals surface area contributed by atoms with Crippen molar-refractivity contribution in [2.75, 3.05) is 24.5 Å². The minimum atomic E-state index is -4.22. The fourth-order valence-corrected chi connectivity index (χ4v) is 5.97. The number of halogens is 2. The van der Waals surface area contributed by atoms with Crippen molar-refractivity contribution >= 4 is 50.7 Å². The first-order valence-corrected chi connectivity index (χ1v) is 15.8. The Morgan fingerprint density at radius 3 is 2.14 bits per heavy atom. The van der Waals surface area contributed by atoms with Crippen LogP contribution in [-0.4, -0.2) is 51.4 Å². The number of ether oxygens (including phenoxy) is 1. The zero-order valence-electron chi connectivity index (χ0n) is 24.4. The average molecular weight is 635 g/mol. The second-order valence-electron chi connectivity index (χ2n) is 10.4. The van der Waals surface area contributed by atoms with Crippen LogP contribution in [0.15, 0.2) is 71.6 Å². The van der Waals surface area contributed by atoms with E-state index >= 15 is 0 Å². The van der Waals surface area contributed by atoms with Gasteiger partial charge in [0, 0.05) is 13.1 Å². The van der Waals surface area contributed by atoms with Crippen LogP contribution in [0, 0.1) is 12.8 Å². The summed E-state index contributed by atoms with van der Waals surface area (Å²) in [5.41, 5.74) is 1.80. The Morgan fingerprint density at radius 1 is 0.952 bits per heavy atom. The third-order valence-electron chi connectivity index (χ3n) is 6.66. The van der Waals surface area contributed by atoms with E-state index in [-0.39, 0.29) is 39.0 Å². The number of amides is 2. The van der Waals surface area contributed by atoms with Gasteiger partial charge in [-0.05, 0) is 67.3 Å². The van der Waals surface area contributed by atoms with E-state index in [0.29, 0.717) is 18.7 Å². The zero-order chi connectivity index (χ0) is 31.0. The molecule has 226 valence electrons. The maximum Gasteiger partial charge on any atom is 0.264 e. The van der Waals surface area contributed by atoms with Crippen LogP contribution in [-0.2, 0) is 26.2 Å². The lowest BCUT2D eigenvalue weighted by Gasteiger charge is -2.33. The molecule has 11 heteroatoms. The normalized spacial score (nSPS) is 12.1. The van der Waals surface area contributed by atoms with Crippen LogP contribution in [0.25, 0.3) is 0 Å². The zero-order valence-corrected chi connectivity index (χ0v) is 26.8. The number of anilines is 1. The molecule has 3 aromatic carbocycles. The predicted octanol–water partition coefficient (Wildman–Crippen LogP) is 6.09. The highest BCUT2D eigenvalue weighted by atomic mass is 35.5. The Labute approximate surface area is 258 Å². The number of aryl methyl sites for hydroxylation is 1. The van der Waals surface area contributed by atoms with E-state index in [0.717, 1.165) is 15.4 Å². The molecule has 0 heterocycles. The van der Waals surface area contributed by atoms with E-state index in [1.165, 1.54) is 35.2 Å². The first-order chi connectivity index (χ1) is 19.9. The molecule has 1 N–H and O–H groups in total. The van der Waals surface area contributed by atoms with Crippen molar-refractivity contribution in [3.05, 3.63) is 87.9 Å². The summed E-state index contributed by atoms with van der Waals surface area (Å²) in [7, 11) is -2.66. The molecule has 0 saturated carbocycles. The maximum atomic E-state index is 14.1. The van der Waals surface area contributed by atoms with Crippen LogP contribution in [0.1, 0.15) is 38.3 Å². The van der Waals surface area contributed by atoms with E-state index < -0.39 is 28.5 Å². The summed E-state index contributed by atoms with van der Waals surface area (Å²) < 4.78 is 34.2. The number of methoxy groups -OCH3 is 1. The number of sulfonamides is 1. The van der Waals surface area contributed by atoms with Crippen LogP contribution in [0.5, 0.6) is 5.75 Å². The van der Waals surface area contributed by atoms with Crippen LogP contribution >= 0.6 is 23.2 Å². The molecule has 3 rings (SSSR count). The van der Waals surface area contributed by atoms with E-state index in [1.807, 2.05) is 27.7 Å². The third-order valence-corrected chi connectivity index (χ3v) is 9.19. The van der Waals surface area contributed by atoms with Crippen molar-refractivity contribution in [3.8, 4) is 5.75 Å². The molecule has 0 aromatic heterocycles. The molecule has 0 bridgehead atoms. The lowest BCUT2D eigenvalue weighted by atomic mass is 10.1. The van der Waals surface area contributed by atoms with Gasteiger partial charge in [0.2, 0.25) is 11.8 Å². The highest BCUT2D eigenvalue weighted by Crippen LogP contribution is 2.31. The second kappa shape index (κ2) is 14.8. The molecule has 0 radical (unpaired) electrons. The van der Waals surface area contributed by atoms with Gasteiger partial charge in [0.1, 0.15) is 18.3 Å². The van der Waals surface area contributed by atoms with Gasteiger partial charge >= 0.3 is 0 Å². The number of rotatable bonds is 13. The van der Waals surface area contributed by atoms with Crippen molar-refractivity contribution < 1.29 is 22.7 Å². The molecular formula is C31H37Cl2N3O5S. The highest BCUT2D eigenvalue weighted by molar-refractivity contribution is 7.92. The highest BCUT2D eigenvalue weighted by Gasteiger charge is 2.34. The molecule has 1 unspecified atom stereocenters. The quantitative estimate of drug-likeness (QED) is 0.246. The second-order valence-corrected chi connectivity index (χ2v) is 13.0. The SMILES string of the molecule is CCC(C(=O)NCC(C)C)N(Cc1ccc(OC)cc1)C(=O)CN(c1ccc(Cl)c(Cl)c1)S(=O)(=O)c1ccc(C)cc1. The van der Waals surface area contributed by atoms with Crippen molar-refractivity contribution in [3.63, 3.8) is 0 Å². The number of hydrogen-bond acceptors (Lipinski definition) is 5. The number of benzene rings is 3. The molecule has 0 spiro atoms. The van der Waals surface area contributed by atoms with Crippen molar-refractivity contribution in [2.24, 2.45) is 5.92 Å². The third kappa shape index (κ3) is 8.40. The molecule has 0 aliphatic heterocycles. The summed E-state index contributed by atoms with van der Waals surface area (Å²) in [6.07, 6.45) is 0.323. The van der Waals surface area contributed by atoms with Crippen LogP contribution in [0.2, 0.25) is 10.0 Å². The molecule has 1 atom stereocenters. The van der Waals surface area contributed by atoms with Gasteiger partial charge in [-0.15, -0.1) is 0 Å². The van der Waals surface area contributed by atoms with Crippen LogP contribution < -0.4 is 14.4 Å². The van der Waals surface area contributed by atoms with Gasteiger partial charge in [0.05, 0.1) is 27.7 Å². The Hall–Kier alpha value is -3.27. The van der Waals surface area contributed by atoms with Crippen molar-refractivity contribution in [1.82, 2.24) is 10.2 Å². The lowest BCUT2D eigenvalue weighted by Crippen LogP contribution is -2.52. The van der Waals surface area contributed by atoms with E-state index in [1.54, 1.807) is 43.5 Å². The monoisotopic (exact) mass is 633 g/mol. The number of nitrogens with zero attached hydrogens (tertiary/aromatic N) is 2. The molecule has 42 heavy (non-hydrogen) atoms. The molecule has 0 aliphatic rings. The minimum Gasteiger partial charge on any atom is -0.497 e. The Kier molecular flexibility index (Phi) is 11.7. The van der Waals surface area contributed by atoms with Gasteiger partial charge in [-0.1, -0.05) is 73.8 Å². The summed E-state index contributed by atoms with van der Waals surface area (Å²) in [6.45, 7) is 7.57. The van der Waals surface area contributed by atoms with E-state index in [9.17, 15) is 18.0 Å². The van der Waals surface area contributed by atoms with Crippen molar-refractivity contribution in [2.45, 2.75) is 51.6 Å². The fraction of sp³-hybridized carbons (Fsp3) is 0.355. The van der Waals surface area contributed by atoms with Gasteiger partial charge in [-0.2, -0.15) is 0 Å². The maximum absolute atomic E-state index is 14.1. The molecule has 0 saturated heterocycles. The fourth-order valence-electron chi connectivity index (χ4n) is 4.28. The molecule has 0 fully saturated rings. The van der Waals surface area contributed by atoms with Gasteiger partial charge in [-0.3, -0.25) is 13.9 Å². The summed E-state index contributed by atoms with van der Waals surface area (Å²) in [6, 6.07) is 17.0. The standard InChI is InChI=1S/C31H37Cl2N3O5S/c1-6-29(31(38)34-18-21(2)3)35(19-23-9-12-25(41-5)13-10-23)30(37)20-36(24-11-16-27(32)28(33)17-24)42(39,40)26-14-7-22(4)8-15-26/h7-17,21,29H,6,18-20H2,1-5H3,(H,34,38). The number of carbonyl (C=O) groups excluding carboxylic acids is 2. The summed E-state index contributed by atoms with van der Waals surface area (Å²) in [5, 5.41) is 3.30. The summed E-state index contributed by atoms with van der Waals surface area (Å²) in [4.78, 5) is 28.9. The number of nitrogens with one attached hydrogen (secondary N) is 1. The Bertz CT molecular complexity index is 1480. The van der Waals surface area contributed by atoms with Crippen LogP contribution in [0.4, 0.5) is 5.69 Å². The molecule has 8 nitrogen and oxygen atoms in total. The molecule has 2 amide bonds. The number of hydrogen-bond donors (Lipinski definition) is 1. The topological polar surface area (TPSA) is 96.0 Å². The predicted molar refractivity (Wildman–Crippen MR) is 168 cm³/mol. The van der Waals surface area contributed by atoms with Gasteiger partial charge in [0.25, 0.3) is 10.0 Å². The van der Waals surface area contributed by atoms with Crippen molar-refractivity contribution in [1.29, 1.82) is 0 Å². The summed E-state index contributed by atoms with van der Waals surface area (Å²) in [5.74, 6) is -0.00927. The first-order valence-electron chi connectivity index (χ1n) is 13.6.